The van der Waals surface area contributed by atoms with Crippen LogP contribution in [0.25, 0.3) is 0 Å². The zero-order chi connectivity index (χ0) is 13.4. The number of ether oxygens (including phenoxy) is 1. The zero-order valence-corrected chi connectivity index (χ0v) is 12.0. The Bertz CT molecular complexity index is 365. The Morgan fingerprint density at radius 2 is 2.00 bits per heavy atom. The van der Waals surface area contributed by atoms with Gasteiger partial charge in [0.2, 0.25) is 0 Å². The summed E-state index contributed by atoms with van der Waals surface area (Å²) in [6.45, 7) is 4.88. The number of rotatable bonds is 8. The molecule has 0 heterocycles. The van der Waals surface area contributed by atoms with Crippen molar-refractivity contribution in [2.24, 2.45) is 5.92 Å². The molecule has 0 aromatic heterocycles. The smallest absolute Gasteiger partial charge is 0.119 e. The van der Waals surface area contributed by atoms with E-state index in [4.69, 9.17) is 10.5 Å². The van der Waals surface area contributed by atoms with E-state index in [0.717, 1.165) is 35.8 Å². The third kappa shape index (κ3) is 6.05. The normalized spacial score (nSPS) is 14.1. The summed E-state index contributed by atoms with van der Waals surface area (Å²) in [5, 5.41) is 0. The maximum atomic E-state index is 11.7. The Labute approximate surface area is 112 Å². The minimum Gasteiger partial charge on any atom is -0.494 e. The first-order chi connectivity index (χ1) is 8.61. The van der Waals surface area contributed by atoms with Crippen LogP contribution in [0.5, 0.6) is 5.75 Å². The summed E-state index contributed by atoms with van der Waals surface area (Å²) in [4.78, 5) is 0. The molecule has 1 aromatic rings. The minimum absolute atomic E-state index is 0.545. The number of anilines is 1. The van der Waals surface area contributed by atoms with Crippen molar-refractivity contribution < 1.29 is 8.95 Å². The van der Waals surface area contributed by atoms with Gasteiger partial charge >= 0.3 is 0 Å². The van der Waals surface area contributed by atoms with Gasteiger partial charge in [-0.3, -0.25) is 4.21 Å². The quantitative estimate of drug-likeness (QED) is 0.583. The van der Waals surface area contributed by atoms with E-state index in [9.17, 15) is 4.21 Å². The molecule has 3 nitrogen and oxygen atoms in total. The van der Waals surface area contributed by atoms with Crippen molar-refractivity contribution in [1.82, 2.24) is 0 Å². The Morgan fingerprint density at radius 1 is 1.33 bits per heavy atom. The summed E-state index contributed by atoms with van der Waals surface area (Å²) < 4.78 is 17.3. The first kappa shape index (κ1) is 15.0. The van der Waals surface area contributed by atoms with Crippen LogP contribution in [-0.4, -0.2) is 22.3 Å². The molecule has 2 N–H and O–H groups in total. The second-order valence-corrected chi connectivity index (χ2v) is 6.22. The highest BCUT2D eigenvalue weighted by Gasteiger charge is 2.05. The van der Waals surface area contributed by atoms with Crippen LogP contribution in [-0.2, 0) is 10.8 Å². The fraction of sp³-hybridized carbons (Fsp3) is 0.571. The molecule has 0 bridgehead atoms. The first-order valence-corrected chi connectivity index (χ1v) is 7.94. The van der Waals surface area contributed by atoms with Gasteiger partial charge in [0.15, 0.2) is 0 Å². The number of hydrogen-bond acceptors (Lipinski definition) is 3. The lowest BCUT2D eigenvalue weighted by molar-refractivity contribution is 0.318. The second-order valence-electron chi connectivity index (χ2n) is 4.60. The molecule has 102 valence electrons. The van der Waals surface area contributed by atoms with E-state index in [2.05, 4.69) is 13.8 Å². The predicted molar refractivity (Wildman–Crippen MR) is 78.3 cm³/mol. The summed E-state index contributed by atoms with van der Waals surface area (Å²) in [5.41, 5.74) is 6.32. The van der Waals surface area contributed by atoms with E-state index in [0.29, 0.717) is 12.5 Å². The maximum Gasteiger partial charge on any atom is 0.119 e. The summed E-state index contributed by atoms with van der Waals surface area (Å²) in [6.07, 6.45) is 1.92. The molecule has 0 aliphatic rings. The monoisotopic (exact) mass is 269 g/mol. The SMILES string of the molecule is CCC(C)CS(=O)CCCOc1ccc(N)cc1. The van der Waals surface area contributed by atoms with Crippen LogP contribution >= 0.6 is 0 Å². The van der Waals surface area contributed by atoms with Crippen molar-refractivity contribution in [3.63, 3.8) is 0 Å². The molecular formula is C14H23NO2S. The van der Waals surface area contributed by atoms with Gasteiger partial charge in [0.1, 0.15) is 5.75 Å². The van der Waals surface area contributed by atoms with Gasteiger partial charge in [-0.25, -0.2) is 0 Å². The molecule has 0 spiro atoms. The van der Waals surface area contributed by atoms with Crippen LogP contribution in [0.2, 0.25) is 0 Å². The predicted octanol–water partition coefficient (Wildman–Crippen LogP) is 2.83. The van der Waals surface area contributed by atoms with Crippen molar-refractivity contribution >= 4 is 16.5 Å². The zero-order valence-electron chi connectivity index (χ0n) is 11.2. The molecule has 0 saturated carbocycles. The molecular weight excluding hydrogens is 246 g/mol. The van der Waals surface area contributed by atoms with Crippen molar-refractivity contribution in [3.05, 3.63) is 24.3 Å². The highest BCUT2D eigenvalue weighted by Crippen LogP contribution is 2.13. The van der Waals surface area contributed by atoms with Crippen molar-refractivity contribution in [2.45, 2.75) is 26.7 Å². The molecule has 1 rings (SSSR count). The van der Waals surface area contributed by atoms with Gasteiger partial charge in [-0.05, 0) is 36.6 Å². The number of benzene rings is 1. The molecule has 2 atom stereocenters. The van der Waals surface area contributed by atoms with Gasteiger partial charge < -0.3 is 10.5 Å². The Morgan fingerprint density at radius 3 is 2.61 bits per heavy atom. The van der Waals surface area contributed by atoms with Gasteiger partial charge in [0, 0.05) is 28.0 Å². The highest BCUT2D eigenvalue weighted by atomic mass is 32.2. The van der Waals surface area contributed by atoms with Gasteiger partial charge in [-0.1, -0.05) is 20.3 Å². The van der Waals surface area contributed by atoms with Crippen LogP contribution in [0, 0.1) is 5.92 Å². The third-order valence-electron chi connectivity index (χ3n) is 2.83. The Hall–Kier alpha value is -1.03. The minimum atomic E-state index is -0.712. The van der Waals surface area contributed by atoms with Crippen molar-refractivity contribution in [1.29, 1.82) is 0 Å². The lowest BCUT2D eigenvalue weighted by Gasteiger charge is -2.09. The molecule has 0 saturated heterocycles. The fourth-order valence-electron chi connectivity index (χ4n) is 1.49. The lowest BCUT2D eigenvalue weighted by atomic mass is 10.2. The molecule has 1 aromatic carbocycles. The standard InChI is InChI=1S/C14H23NO2S/c1-3-12(2)11-18(16)10-4-9-17-14-7-5-13(15)6-8-14/h5-8,12H,3-4,9-11,15H2,1-2H3. The van der Waals surface area contributed by atoms with Gasteiger partial charge in [0.25, 0.3) is 0 Å². The van der Waals surface area contributed by atoms with Crippen LogP contribution in [0.4, 0.5) is 5.69 Å². The van der Waals surface area contributed by atoms with E-state index in [1.54, 1.807) is 0 Å². The van der Waals surface area contributed by atoms with E-state index in [1.165, 1.54) is 0 Å². The number of nitrogens with two attached hydrogens (primary N) is 1. The van der Waals surface area contributed by atoms with Crippen LogP contribution in [0.1, 0.15) is 26.7 Å². The van der Waals surface area contributed by atoms with Crippen LogP contribution in [0.3, 0.4) is 0 Å². The van der Waals surface area contributed by atoms with E-state index >= 15 is 0 Å². The summed E-state index contributed by atoms with van der Waals surface area (Å²) >= 11 is 0. The number of hydrogen-bond donors (Lipinski definition) is 1. The molecule has 0 fully saturated rings. The second kappa shape index (κ2) is 8.14. The average molecular weight is 269 g/mol. The maximum absolute atomic E-state index is 11.7. The lowest BCUT2D eigenvalue weighted by Crippen LogP contribution is -2.12. The average Bonchev–Trinajstić information content (AvgIpc) is 2.36. The Kier molecular flexibility index (Phi) is 6.80. The molecule has 18 heavy (non-hydrogen) atoms. The van der Waals surface area contributed by atoms with E-state index < -0.39 is 10.8 Å². The molecule has 0 aliphatic carbocycles. The fourth-order valence-corrected chi connectivity index (χ4v) is 2.97. The number of nitrogen functional groups attached to an aromatic ring is 1. The van der Waals surface area contributed by atoms with Gasteiger partial charge in [-0.15, -0.1) is 0 Å². The first-order valence-electron chi connectivity index (χ1n) is 6.45. The van der Waals surface area contributed by atoms with E-state index in [1.807, 2.05) is 24.3 Å². The van der Waals surface area contributed by atoms with E-state index in [-0.39, 0.29) is 0 Å². The van der Waals surface area contributed by atoms with Gasteiger partial charge in [-0.2, -0.15) is 0 Å². The molecule has 0 amide bonds. The Balaban J connectivity index is 2.15. The van der Waals surface area contributed by atoms with Crippen molar-refractivity contribution in [2.75, 3.05) is 23.8 Å². The summed E-state index contributed by atoms with van der Waals surface area (Å²) in [5.74, 6) is 2.89. The van der Waals surface area contributed by atoms with Crippen molar-refractivity contribution in [3.8, 4) is 5.75 Å². The third-order valence-corrected chi connectivity index (χ3v) is 4.52. The summed E-state index contributed by atoms with van der Waals surface area (Å²) in [6, 6.07) is 7.34. The van der Waals surface area contributed by atoms with Gasteiger partial charge in [0.05, 0.1) is 6.61 Å². The summed E-state index contributed by atoms with van der Waals surface area (Å²) in [7, 11) is -0.712. The molecule has 0 radical (unpaired) electrons. The van der Waals surface area contributed by atoms with Crippen LogP contribution in [0.15, 0.2) is 24.3 Å². The topological polar surface area (TPSA) is 52.3 Å². The highest BCUT2D eigenvalue weighted by molar-refractivity contribution is 7.84. The molecule has 0 aliphatic heterocycles. The van der Waals surface area contributed by atoms with Crippen LogP contribution < -0.4 is 10.5 Å². The largest absolute Gasteiger partial charge is 0.494 e. The molecule has 4 heteroatoms. The molecule has 2 unspecified atom stereocenters.